The van der Waals surface area contributed by atoms with Crippen molar-refractivity contribution in [2.24, 2.45) is 0 Å². The molecule has 0 radical (unpaired) electrons. The number of carbonyl (C=O) groups excluding carboxylic acids is 1. The smallest absolute Gasteiger partial charge is 0.289 e. The highest BCUT2D eigenvalue weighted by Crippen LogP contribution is 2.28. The van der Waals surface area contributed by atoms with Crippen molar-refractivity contribution >= 4 is 40.5 Å². The second-order valence-corrected chi connectivity index (χ2v) is 5.64. The third kappa shape index (κ3) is 3.57. The highest BCUT2D eigenvalue weighted by Gasteiger charge is 2.17. The van der Waals surface area contributed by atoms with E-state index in [0.29, 0.717) is 10.7 Å². The molecule has 0 aliphatic carbocycles. The molecule has 9 nitrogen and oxygen atoms in total. The van der Waals surface area contributed by atoms with Crippen molar-refractivity contribution in [3.63, 3.8) is 0 Å². The molecule has 0 bridgehead atoms. The number of nitrogens with one attached hydrogen (secondary N) is 1. The van der Waals surface area contributed by atoms with Gasteiger partial charge in [-0.1, -0.05) is 23.2 Å². The number of amides is 1. The SMILES string of the molecule is O=C(Nc1ccc(Cl)c([N+](=O)[O-])c1)c1cc(Cl)ccc1-n1cnnn1. The summed E-state index contributed by atoms with van der Waals surface area (Å²) in [7, 11) is 0. The Morgan fingerprint density at radius 2 is 2.00 bits per heavy atom. The summed E-state index contributed by atoms with van der Waals surface area (Å²) in [6.45, 7) is 0. The molecule has 11 heteroatoms. The molecule has 2 aromatic carbocycles. The van der Waals surface area contributed by atoms with Gasteiger partial charge in [-0.25, -0.2) is 0 Å². The summed E-state index contributed by atoms with van der Waals surface area (Å²) in [5.41, 5.74) is 0.489. The second-order valence-electron chi connectivity index (χ2n) is 4.79. The van der Waals surface area contributed by atoms with Crippen molar-refractivity contribution in [2.75, 3.05) is 5.32 Å². The van der Waals surface area contributed by atoms with Gasteiger partial charge in [0.25, 0.3) is 11.6 Å². The molecule has 126 valence electrons. The van der Waals surface area contributed by atoms with Crippen LogP contribution in [0.2, 0.25) is 10.0 Å². The Kier molecular flexibility index (Phi) is 4.59. The van der Waals surface area contributed by atoms with Gasteiger partial charge in [0.05, 0.1) is 16.2 Å². The molecule has 0 saturated heterocycles. The second kappa shape index (κ2) is 6.83. The van der Waals surface area contributed by atoms with E-state index in [1.54, 1.807) is 12.1 Å². The van der Waals surface area contributed by atoms with Crippen LogP contribution in [0.1, 0.15) is 10.4 Å². The number of nitrogens with zero attached hydrogens (tertiary/aromatic N) is 5. The fraction of sp³-hybridized carbons (Fsp3) is 0. The number of hydrogen-bond donors (Lipinski definition) is 1. The van der Waals surface area contributed by atoms with E-state index >= 15 is 0 Å². The number of nitro groups is 1. The molecular formula is C14H8Cl2N6O3. The minimum absolute atomic E-state index is 0.0277. The maximum atomic E-state index is 12.6. The fourth-order valence-electron chi connectivity index (χ4n) is 2.09. The summed E-state index contributed by atoms with van der Waals surface area (Å²) >= 11 is 11.7. The Bertz CT molecular complexity index is 961. The molecule has 0 fully saturated rings. The number of benzene rings is 2. The van der Waals surface area contributed by atoms with Crippen molar-refractivity contribution in [3.05, 3.63) is 68.4 Å². The van der Waals surface area contributed by atoms with Crippen LogP contribution < -0.4 is 5.32 Å². The molecule has 0 unspecified atom stereocenters. The Labute approximate surface area is 150 Å². The average molecular weight is 379 g/mol. The molecule has 0 spiro atoms. The largest absolute Gasteiger partial charge is 0.322 e. The fourth-order valence-corrected chi connectivity index (χ4v) is 2.45. The van der Waals surface area contributed by atoms with Gasteiger partial charge in [-0.05, 0) is 40.8 Å². The lowest BCUT2D eigenvalue weighted by atomic mass is 10.1. The monoisotopic (exact) mass is 378 g/mol. The first-order chi connectivity index (χ1) is 12.0. The summed E-state index contributed by atoms with van der Waals surface area (Å²) in [5.74, 6) is -0.537. The maximum absolute atomic E-state index is 12.6. The zero-order valence-electron chi connectivity index (χ0n) is 12.3. The minimum atomic E-state index is -0.635. The normalized spacial score (nSPS) is 10.5. The molecule has 1 amide bonds. The molecule has 0 saturated carbocycles. The van der Waals surface area contributed by atoms with Crippen molar-refractivity contribution < 1.29 is 9.72 Å². The molecule has 3 rings (SSSR count). The van der Waals surface area contributed by atoms with Crippen LogP contribution in [0.3, 0.4) is 0 Å². The molecule has 0 atom stereocenters. The number of hydrogen-bond acceptors (Lipinski definition) is 6. The number of tetrazole rings is 1. The summed E-state index contributed by atoms with van der Waals surface area (Å²) in [6.07, 6.45) is 1.33. The predicted molar refractivity (Wildman–Crippen MR) is 90.2 cm³/mol. The number of carbonyl (C=O) groups is 1. The first-order valence-electron chi connectivity index (χ1n) is 6.74. The van der Waals surface area contributed by atoms with Crippen LogP contribution in [0, 0.1) is 10.1 Å². The van der Waals surface area contributed by atoms with Crippen molar-refractivity contribution in [3.8, 4) is 5.69 Å². The van der Waals surface area contributed by atoms with Crippen LogP contribution in [0.5, 0.6) is 0 Å². The average Bonchev–Trinajstić information content (AvgIpc) is 3.10. The number of nitro benzene ring substituents is 1. The lowest BCUT2D eigenvalue weighted by Gasteiger charge is -2.10. The van der Waals surface area contributed by atoms with E-state index in [2.05, 4.69) is 20.8 Å². The van der Waals surface area contributed by atoms with Crippen molar-refractivity contribution in [1.29, 1.82) is 0 Å². The van der Waals surface area contributed by atoms with Crippen molar-refractivity contribution in [2.45, 2.75) is 0 Å². The van der Waals surface area contributed by atoms with Crippen LogP contribution in [0.4, 0.5) is 11.4 Å². The van der Waals surface area contributed by atoms with Crippen LogP contribution >= 0.6 is 23.2 Å². The molecule has 25 heavy (non-hydrogen) atoms. The van der Waals surface area contributed by atoms with Gasteiger partial charge in [0.2, 0.25) is 0 Å². The van der Waals surface area contributed by atoms with Crippen molar-refractivity contribution in [1.82, 2.24) is 20.2 Å². The summed E-state index contributed by atoms with van der Waals surface area (Å²) in [4.78, 5) is 22.9. The lowest BCUT2D eigenvalue weighted by Crippen LogP contribution is -2.15. The highest BCUT2D eigenvalue weighted by atomic mass is 35.5. The van der Waals surface area contributed by atoms with Crippen LogP contribution in [0.25, 0.3) is 5.69 Å². The van der Waals surface area contributed by atoms with E-state index in [0.717, 1.165) is 0 Å². The number of aromatic nitrogens is 4. The minimum Gasteiger partial charge on any atom is -0.322 e. The zero-order valence-corrected chi connectivity index (χ0v) is 13.8. The Balaban J connectivity index is 1.96. The van der Waals surface area contributed by atoms with Gasteiger partial charge in [-0.3, -0.25) is 14.9 Å². The Hall–Kier alpha value is -3.04. The van der Waals surface area contributed by atoms with E-state index in [1.165, 1.54) is 35.3 Å². The molecular weight excluding hydrogens is 371 g/mol. The standard InChI is InChI=1S/C14H8Cl2N6O3/c15-8-1-4-12(21-7-17-19-20-21)10(5-8)14(23)18-9-2-3-11(16)13(6-9)22(24)25/h1-7H,(H,18,23). The van der Waals surface area contributed by atoms with E-state index < -0.39 is 10.8 Å². The molecule has 1 aromatic heterocycles. The number of rotatable bonds is 4. The molecule has 3 aromatic rings. The highest BCUT2D eigenvalue weighted by molar-refractivity contribution is 6.33. The first-order valence-corrected chi connectivity index (χ1v) is 7.49. The van der Waals surface area contributed by atoms with Gasteiger partial charge >= 0.3 is 0 Å². The maximum Gasteiger partial charge on any atom is 0.289 e. The zero-order chi connectivity index (χ0) is 18.0. The lowest BCUT2D eigenvalue weighted by molar-refractivity contribution is -0.384. The number of anilines is 1. The van der Waals surface area contributed by atoms with Gasteiger partial charge in [0, 0.05) is 16.8 Å². The predicted octanol–water partition coefficient (Wildman–Crippen LogP) is 3.13. The quantitative estimate of drug-likeness (QED) is 0.550. The Morgan fingerprint density at radius 3 is 2.68 bits per heavy atom. The van der Waals surface area contributed by atoms with Gasteiger partial charge in [0.1, 0.15) is 11.3 Å². The number of halogens is 2. The van der Waals surface area contributed by atoms with Crippen LogP contribution in [-0.2, 0) is 0 Å². The van der Waals surface area contributed by atoms with Crippen LogP contribution in [-0.4, -0.2) is 31.0 Å². The van der Waals surface area contributed by atoms with Crippen LogP contribution in [0.15, 0.2) is 42.7 Å². The molecule has 1 heterocycles. The molecule has 1 N–H and O–H groups in total. The van der Waals surface area contributed by atoms with E-state index in [9.17, 15) is 14.9 Å². The summed E-state index contributed by atoms with van der Waals surface area (Å²) in [5, 5.41) is 24.6. The first kappa shape index (κ1) is 16.8. The molecule has 0 aliphatic rings. The topological polar surface area (TPSA) is 116 Å². The van der Waals surface area contributed by atoms with Gasteiger partial charge in [-0.15, -0.1) is 5.10 Å². The van der Waals surface area contributed by atoms with E-state index in [-0.39, 0.29) is 22.0 Å². The molecule has 0 aliphatic heterocycles. The van der Waals surface area contributed by atoms with Gasteiger partial charge in [-0.2, -0.15) is 4.68 Å². The summed E-state index contributed by atoms with van der Waals surface area (Å²) in [6, 6.07) is 8.56. The van der Waals surface area contributed by atoms with E-state index in [1.807, 2.05) is 0 Å². The summed E-state index contributed by atoms with van der Waals surface area (Å²) < 4.78 is 1.30. The Morgan fingerprint density at radius 1 is 1.20 bits per heavy atom. The van der Waals surface area contributed by atoms with Gasteiger partial charge in [0.15, 0.2) is 0 Å². The van der Waals surface area contributed by atoms with Gasteiger partial charge < -0.3 is 5.32 Å². The third-order valence-electron chi connectivity index (χ3n) is 3.20. The van der Waals surface area contributed by atoms with E-state index in [4.69, 9.17) is 23.2 Å². The third-order valence-corrected chi connectivity index (χ3v) is 3.75.